The number of nitriles is 1. The molecule has 4 rings (SSSR count). The van der Waals surface area contributed by atoms with Gasteiger partial charge in [-0.3, -0.25) is 4.79 Å². The van der Waals surface area contributed by atoms with Gasteiger partial charge in [0.05, 0.1) is 36.0 Å². The highest BCUT2D eigenvalue weighted by atomic mass is 16.5. The number of aliphatic hydroxyl groups excluding tert-OH is 1. The number of carbonyl (C=O) groups excluding carboxylic acids is 1. The summed E-state index contributed by atoms with van der Waals surface area (Å²) in [5.41, 5.74) is 0.893. The molecule has 2 unspecified atom stereocenters. The van der Waals surface area contributed by atoms with Gasteiger partial charge in [-0.1, -0.05) is 27.2 Å². The summed E-state index contributed by atoms with van der Waals surface area (Å²) in [6.45, 7) is 5.62. The first kappa shape index (κ1) is 20.3. The van der Waals surface area contributed by atoms with E-state index >= 15 is 0 Å². The Balaban J connectivity index is 1.81. The lowest BCUT2D eigenvalue weighted by molar-refractivity contribution is -0.605. The molecule has 2 aromatic rings. The van der Waals surface area contributed by atoms with Gasteiger partial charge in [0, 0.05) is 11.5 Å². The minimum absolute atomic E-state index is 0.0510. The quantitative estimate of drug-likeness (QED) is 0.578. The maximum Gasteiger partial charge on any atom is 0.272 e. The van der Waals surface area contributed by atoms with Crippen molar-refractivity contribution in [2.24, 2.45) is 10.8 Å². The molecule has 0 saturated heterocycles. The van der Waals surface area contributed by atoms with Crippen LogP contribution in [-0.2, 0) is 6.42 Å². The second-order valence-corrected chi connectivity index (χ2v) is 9.36. The number of hydrogen-bond acceptors (Lipinski definition) is 6. The summed E-state index contributed by atoms with van der Waals surface area (Å²) in [5, 5.41) is 39.0. The second kappa shape index (κ2) is 7.06. The lowest BCUT2D eigenvalue weighted by Gasteiger charge is -2.29. The minimum atomic E-state index is -0.549. The molecule has 1 fully saturated rings. The number of nitrogens with zero attached hydrogens (tertiary/aromatic N) is 5. The molecule has 158 valence electrons. The third kappa shape index (κ3) is 3.12. The van der Waals surface area contributed by atoms with Gasteiger partial charge in [-0.05, 0) is 24.7 Å². The van der Waals surface area contributed by atoms with E-state index in [1.54, 1.807) is 4.68 Å². The molecule has 1 saturated carbocycles. The maximum absolute atomic E-state index is 13.2. The number of rotatable bonds is 4. The van der Waals surface area contributed by atoms with Crippen LogP contribution in [0.4, 0.5) is 0 Å². The smallest absolute Gasteiger partial charge is 0.272 e. The number of aromatic nitrogens is 4. The van der Waals surface area contributed by atoms with Crippen molar-refractivity contribution in [2.45, 2.75) is 58.4 Å². The van der Waals surface area contributed by atoms with Crippen LogP contribution >= 0.6 is 0 Å². The Hall–Kier alpha value is -2.99. The van der Waals surface area contributed by atoms with E-state index in [1.165, 1.54) is 18.6 Å². The Morgan fingerprint density at radius 1 is 1.57 bits per heavy atom. The molecule has 0 aliphatic heterocycles. The first-order valence-corrected chi connectivity index (χ1v) is 10.2. The van der Waals surface area contributed by atoms with Crippen molar-refractivity contribution in [3.63, 3.8) is 0 Å². The van der Waals surface area contributed by atoms with Gasteiger partial charge >= 0.3 is 0 Å². The van der Waals surface area contributed by atoms with Crippen LogP contribution in [0.1, 0.15) is 67.7 Å². The molecule has 1 amide bonds. The van der Waals surface area contributed by atoms with Crippen LogP contribution in [-0.4, -0.2) is 38.4 Å². The molecule has 9 heteroatoms. The normalized spacial score (nSPS) is 23.5. The van der Waals surface area contributed by atoms with Crippen LogP contribution in [0.15, 0.2) is 18.6 Å². The topological polar surface area (TPSA) is 131 Å². The Bertz CT molecular complexity index is 1030. The van der Waals surface area contributed by atoms with Crippen LogP contribution in [0.2, 0.25) is 0 Å². The van der Waals surface area contributed by atoms with Gasteiger partial charge in [0.25, 0.3) is 5.91 Å². The molecule has 9 nitrogen and oxygen atoms in total. The van der Waals surface area contributed by atoms with Crippen molar-refractivity contribution in [3.8, 4) is 11.9 Å². The van der Waals surface area contributed by atoms with Gasteiger partial charge in [0.15, 0.2) is 11.9 Å². The molecular formula is C21H26N6O3. The first-order valence-electron chi connectivity index (χ1n) is 10.2. The van der Waals surface area contributed by atoms with Gasteiger partial charge < -0.3 is 15.6 Å². The summed E-state index contributed by atoms with van der Waals surface area (Å²) in [6, 6.07) is 2.06. The minimum Gasteiger partial charge on any atom is -0.619 e. The fourth-order valence-electron chi connectivity index (χ4n) is 4.76. The fourth-order valence-corrected chi connectivity index (χ4v) is 4.76. The Morgan fingerprint density at radius 2 is 2.33 bits per heavy atom. The Kier molecular flexibility index (Phi) is 4.77. The molecule has 2 aliphatic carbocycles. The van der Waals surface area contributed by atoms with E-state index in [-0.39, 0.29) is 23.6 Å². The van der Waals surface area contributed by atoms with Gasteiger partial charge in [-0.2, -0.15) is 15.1 Å². The summed E-state index contributed by atoms with van der Waals surface area (Å²) in [4.78, 5) is 17.4. The third-order valence-electron chi connectivity index (χ3n) is 6.48. The van der Waals surface area contributed by atoms with Crippen LogP contribution in [0.5, 0.6) is 0 Å². The molecule has 0 bridgehead atoms. The van der Waals surface area contributed by atoms with Crippen molar-refractivity contribution < 1.29 is 14.6 Å². The summed E-state index contributed by atoms with van der Waals surface area (Å²) >= 11 is 0. The van der Waals surface area contributed by atoms with Crippen molar-refractivity contribution in [1.82, 2.24) is 20.1 Å². The monoisotopic (exact) mass is 410 g/mol. The van der Waals surface area contributed by atoms with Crippen LogP contribution in [0.25, 0.3) is 5.82 Å². The highest BCUT2D eigenvalue weighted by Gasteiger charge is 2.53. The van der Waals surface area contributed by atoms with Gasteiger partial charge in [-0.25, -0.2) is 9.67 Å². The van der Waals surface area contributed by atoms with Crippen LogP contribution in [0.3, 0.4) is 0 Å². The molecular weight excluding hydrogens is 384 g/mol. The van der Waals surface area contributed by atoms with Gasteiger partial charge in [-0.15, -0.1) is 0 Å². The zero-order chi connectivity index (χ0) is 21.7. The summed E-state index contributed by atoms with van der Waals surface area (Å²) < 4.78 is 2.19. The largest absolute Gasteiger partial charge is 0.619 e. The number of nitrogens with one attached hydrogen (secondary N) is 1. The molecule has 0 spiro atoms. The molecule has 2 aliphatic rings. The van der Waals surface area contributed by atoms with Gasteiger partial charge in [0.2, 0.25) is 12.0 Å². The van der Waals surface area contributed by atoms with Crippen LogP contribution < -0.4 is 10.0 Å². The van der Waals surface area contributed by atoms with E-state index in [0.717, 1.165) is 30.5 Å². The van der Waals surface area contributed by atoms with Gasteiger partial charge in [0.1, 0.15) is 0 Å². The highest BCUT2D eigenvalue weighted by molar-refractivity contribution is 5.94. The van der Waals surface area contributed by atoms with E-state index in [1.807, 2.05) is 20.8 Å². The van der Waals surface area contributed by atoms with Crippen molar-refractivity contribution in [1.29, 1.82) is 5.26 Å². The molecule has 2 aromatic heterocycles. The molecule has 2 heterocycles. The standard InChI is InChI=1S/C21H26N6O3/c1-20(2,3)15(11-28)24-19(29)17-13-9-21(12-22)6-4-5-14(21)18(13)27(25-17)16-10-26(30)8-7-23-16/h7-8,10,14-15,28H,4-6,9,11H2,1-3H3,(H,24,29)/t14?,15?,21-/m0/s1. The average molecular weight is 410 g/mol. The Labute approximate surface area is 174 Å². The lowest BCUT2D eigenvalue weighted by atomic mass is 9.81. The van der Waals surface area contributed by atoms with E-state index in [9.17, 15) is 20.4 Å². The van der Waals surface area contributed by atoms with E-state index < -0.39 is 17.4 Å². The Morgan fingerprint density at radius 3 is 2.97 bits per heavy atom. The predicted molar refractivity (Wildman–Crippen MR) is 106 cm³/mol. The molecule has 30 heavy (non-hydrogen) atoms. The zero-order valence-corrected chi connectivity index (χ0v) is 17.4. The SMILES string of the molecule is CC(C)(C)C(CO)NC(=O)c1nn(-c2c[n+]([O-])ccn2)c2c1C[C@]1(C#N)CCCC21. The number of aliphatic hydroxyl groups is 1. The number of fused-ring (bicyclic) bond motifs is 3. The zero-order valence-electron chi connectivity index (χ0n) is 17.4. The molecule has 3 atom stereocenters. The van der Waals surface area contributed by atoms with E-state index in [0.29, 0.717) is 17.0 Å². The number of hydrogen-bond donors (Lipinski definition) is 2. The van der Waals surface area contributed by atoms with Crippen molar-refractivity contribution >= 4 is 5.91 Å². The molecule has 2 N–H and O–H groups in total. The summed E-state index contributed by atoms with van der Waals surface area (Å²) in [7, 11) is 0. The number of carbonyl (C=O) groups is 1. The first-order chi connectivity index (χ1) is 14.2. The third-order valence-corrected chi connectivity index (χ3v) is 6.48. The fraction of sp³-hybridized carbons (Fsp3) is 0.571. The maximum atomic E-state index is 13.2. The molecule has 0 radical (unpaired) electrons. The molecule has 0 aromatic carbocycles. The predicted octanol–water partition coefficient (Wildman–Crippen LogP) is 1.37. The average Bonchev–Trinajstić information content (AvgIpc) is 3.33. The van der Waals surface area contributed by atoms with Crippen LogP contribution in [0, 0.1) is 27.4 Å². The van der Waals surface area contributed by atoms with E-state index in [4.69, 9.17) is 0 Å². The van der Waals surface area contributed by atoms with Crippen molar-refractivity contribution in [2.75, 3.05) is 6.61 Å². The number of amides is 1. The van der Waals surface area contributed by atoms with Crippen molar-refractivity contribution in [3.05, 3.63) is 40.7 Å². The second-order valence-electron chi connectivity index (χ2n) is 9.36. The summed E-state index contributed by atoms with van der Waals surface area (Å²) in [6.07, 6.45) is 6.97. The summed E-state index contributed by atoms with van der Waals surface area (Å²) in [5.74, 6) is -0.124. The lowest BCUT2D eigenvalue weighted by Crippen LogP contribution is -2.46. The van der Waals surface area contributed by atoms with E-state index in [2.05, 4.69) is 21.5 Å². The highest BCUT2D eigenvalue weighted by Crippen LogP contribution is 2.57.